The van der Waals surface area contributed by atoms with Crippen LogP contribution in [0.1, 0.15) is 75.2 Å². The van der Waals surface area contributed by atoms with E-state index in [0.29, 0.717) is 17.5 Å². The molecule has 1 rings (SSSR count). The molecule has 1 aromatic carbocycles. The molecule has 0 bridgehead atoms. The summed E-state index contributed by atoms with van der Waals surface area (Å²) >= 11 is 0. The molecule has 5 heteroatoms. The van der Waals surface area contributed by atoms with Gasteiger partial charge in [-0.05, 0) is 44.5 Å². The van der Waals surface area contributed by atoms with Gasteiger partial charge in [0.1, 0.15) is 0 Å². The van der Waals surface area contributed by atoms with Crippen LogP contribution in [0.3, 0.4) is 0 Å². The van der Waals surface area contributed by atoms with Gasteiger partial charge in [0.2, 0.25) is 0 Å². The van der Waals surface area contributed by atoms with Crippen molar-refractivity contribution in [2.45, 2.75) is 65.3 Å². The Morgan fingerprint density at radius 3 is 2.28 bits per heavy atom. The van der Waals surface area contributed by atoms with Gasteiger partial charge in [0.25, 0.3) is 5.91 Å². The van der Waals surface area contributed by atoms with Gasteiger partial charge in [-0.1, -0.05) is 39.0 Å². The number of carbonyl (C=O) groups is 2. The summed E-state index contributed by atoms with van der Waals surface area (Å²) in [5.74, 6) is -1.23. The fourth-order valence-electron chi connectivity index (χ4n) is 2.65. The second-order valence-electron chi connectivity index (χ2n) is 6.94. The number of hydrogen-bond acceptors (Lipinski definition) is 3. The van der Waals surface area contributed by atoms with Crippen molar-refractivity contribution in [1.29, 1.82) is 5.26 Å². The van der Waals surface area contributed by atoms with Crippen molar-refractivity contribution in [1.82, 2.24) is 5.32 Å². The van der Waals surface area contributed by atoms with Crippen molar-refractivity contribution in [3.8, 4) is 6.07 Å². The van der Waals surface area contributed by atoms with Gasteiger partial charge in [-0.15, -0.1) is 0 Å². The Bertz CT molecular complexity index is 615. The van der Waals surface area contributed by atoms with Crippen LogP contribution in [0.25, 0.3) is 0 Å². The molecular formula is C20H28N2O3. The lowest BCUT2D eigenvalue weighted by Crippen LogP contribution is -2.49. The van der Waals surface area contributed by atoms with Gasteiger partial charge in [-0.25, -0.2) is 0 Å². The van der Waals surface area contributed by atoms with Gasteiger partial charge in [-0.3, -0.25) is 9.59 Å². The zero-order chi connectivity index (χ0) is 18.9. The molecule has 0 aliphatic rings. The van der Waals surface area contributed by atoms with Crippen LogP contribution in [0, 0.1) is 16.7 Å². The summed E-state index contributed by atoms with van der Waals surface area (Å²) in [6.07, 6.45) is 6.00. The zero-order valence-corrected chi connectivity index (χ0v) is 15.3. The highest BCUT2D eigenvalue weighted by atomic mass is 16.4. The molecule has 0 heterocycles. The second kappa shape index (κ2) is 9.83. The van der Waals surface area contributed by atoms with E-state index in [1.165, 1.54) is 6.42 Å². The molecular weight excluding hydrogens is 316 g/mol. The number of carboxylic acids is 1. The summed E-state index contributed by atoms with van der Waals surface area (Å²) in [5.41, 5.74) is -0.140. The Kier molecular flexibility index (Phi) is 8.13. The predicted octanol–water partition coefficient (Wildman–Crippen LogP) is 4.13. The standard InChI is InChI=1S/C20H28N2O3/c1-4-5-6-7-8-9-17(20(2,3)19(24)25)22-18(23)16-12-10-15(14-21)11-13-16/h10-13,17H,4-9H2,1-3H3,(H,22,23)(H,24,25). The minimum Gasteiger partial charge on any atom is -0.481 e. The number of amides is 1. The van der Waals surface area contributed by atoms with Crippen molar-refractivity contribution < 1.29 is 14.7 Å². The van der Waals surface area contributed by atoms with E-state index in [4.69, 9.17) is 5.26 Å². The Balaban J connectivity index is 2.78. The van der Waals surface area contributed by atoms with Crippen LogP contribution in [0.4, 0.5) is 0 Å². The topological polar surface area (TPSA) is 90.2 Å². The number of carbonyl (C=O) groups excluding carboxylic acids is 1. The number of nitrogens with one attached hydrogen (secondary N) is 1. The largest absolute Gasteiger partial charge is 0.481 e. The highest BCUT2D eigenvalue weighted by molar-refractivity contribution is 5.95. The zero-order valence-electron chi connectivity index (χ0n) is 15.3. The number of benzene rings is 1. The van der Waals surface area contributed by atoms with Gasteiger partial charge >= 0.3 is 5.97 Å². The molecule has 0 radical (unpaired) electrons. The Morgan fingerprint density at radius 2 is 1.76 bits per heavy atom. The lowest BCUT2D eigenvalue weighted by molar-refractivity contribution is -0.148. The van der Waals surface area contributed by atoms with Crippen LogP contribution in [0.15, 0.2) is 24.3 Å². The van der Waals surface area contributed by atoms with Crippen molar-refractivity contribution in [2.24, 2.45) is 5.41 Å². The summed E-state index contributed by atoms with van der Waals surface area (Å²) in [6, 6.07) is 7.89. The van der Waals surface area contributed by atoms with Crippen LogP contribution in [0.2, 0.25) is 0 Å². The quantitative estimate of drug-likeness (QED) is 0.624. The number of aliphatic carboxylic acids is 1. The van der Waals surface area contributed by atoms with Crippen LogP contribution in [-0.4, -0.2) is 23.0 Å². The van der Waals surface area contributed by atoms with E-state index in [9.17, 15) is 14.7 Å². The Labute approximate surface area is 150 Å². The average molecular weight is 344 g/mol. The maximum absolute atomic E-state index is 12.5. The van der Waals surface area contributed by atoms with Crippen LogP contribution in [-0.2, 0) is 4.79 Å². The molecule has 1 amide bonds. The number of nitrogens with zero attached hydrogens (tertiary/aromatic N) is 1. The lowest BCUT2D eigenvalue weighted by Gasteiger charge is -2.31. The number of rotatable bonds is 10. The number of unbranched alkanes of at least 4 members (excludes halogenated alkanes) is 4. The van der Waals surface area contributed by atoms with E-state index in [-0.39, 0.29) is 5.91 Å². The monoisotopic (exact) mass is 344 g/mol. The molecule has 0 saturated heterocycles. The molecule has 5 nitrogen and oxygen atoms in total. The molecule has 1 unspecified atom stereocenters. The molecule has 136 valence electrons. The first-order chi connectivity index (χ1) is 11.8. The summed E-state index contributed by atoms with van der Waals surface area (Å²) in [4.78, 5) is 24.1. The van der Waals surface area contributed by atoms with E-state index in [0.717, 1.165) is 25.7 Å². The summed E-state index contributed by atoms with van der Waals surface area (Å²) in [5, 5.41) is 21.2. The third kappa shape index (κ3) is 6.22. The first-order valence-corrected chi connectivity index (χ1v) is 8.87. The van der Waals surface area contributed by atoms with E-state index < -0.39 is 17.4 Å². The average Bonchev–Trinajstić information content (AvgIpc) is 2.60. The van der Waals surface area contributed by atoms with E-state index >= 15 is 0 Å². The summed E-state index contributed by atoms with van der Waals surface area (Å²) < 4.78 is 0. The van der Waals surface area contributed by atoms with E-state index in [1.54, 1.807) is 38.1 Å². The van der Waals surface area contributed by atoms with E-state index in [2.05, 4.69) is 12.2 Å². The molecule has 0 aromatic heterocycles. The fraction of sp³-hybridized carbons (Fsp3) is 0.550. The van der Waals surface area contributed by atoms with Crippen LogP contribution in [0.5, 0.6) is 0 Å². The first kappa shape index (κ1) is 20.7. The van der Waals surface area contributed by atoms with Crippen LogP contribution < -0.4 is 5.32 Å². The van der Waals surface area contributed by atoms with Gasteiger partial charge < -0.3 is 10.4 Å². The van der Waals surface area contributed by atoms with Crippen molar-refractivity contribution >= 4 is 11.9 Å². The van der Waals surface area contributed by atoms with Gasteiger partial charge in [0, 0.05) is 11.6 Å². The molecule has 1 aromatic rings. The summed E-state index contributed by atoms with van der Waals surface area (Å²) in [6.45, 7) is 5.43. The molecule has 0 aliphatic carbocycles. The molecule has 0 aliphatic heterocycles. The third-order valence-electron chi connectivity index (χ3n) is 4.60. The lowest BCUT2D eigenvalue weighted by atomic mass is 9.81. The molecule has 2 N–H and O–H groups in total. The third-order valence-corrected chi connectivity index (χ3v) is 4.60. The minimum absolute atomic E-state index is 0.308. The summed E-state index contributed by atoms with van der Waals surface area (Å²) in [7, 11) is 0. The van der Waals surface area contributed by atoms with Crippen molar-refractivity contribution in [2.75, 3.05) is 0 Å². The van der Waals surface area contributed by atoms with Crippen LogP contribution >= 0.6 is 0 Å². The minimum atomic E-state index is -1.05. The predicted molar refractivity (Wildman–Crippen MR) is 97.2 cm³/mol. The normalized spacial score (nSPS) is 12.2. The highest BCUT2D eigenvalue weighted by Gasteiger charge is 2.37. The van der Waals surface area contributed by atoms with Gasteiger partial charge in [0.15, 0.2) is 0 Å². The fourth-order valence-corrected chi connectivity index (χ4v) is 2.65. The molecule has 0 spiro atoms. The molecule has 25 heavy (non-hydrogen) atoms. The Morgan fingerprint density at radius 1 is 1.16 bits per heavy atom. The second-order valence-corrected chi connectivity index (χ2v) is 6.94. The molecule has 1 atom stereocenters. The SMILES string of the molecule is CCCCCCCC(NC(=O)c1ccc(C#N)cc1)C(C)(C)C(=O)O. The maximum atomic E-state index is 12.5. The van der Waals surface area contributed by atoms with Crippen molar-refractivity contribution in [3.63, 3.8) is 0 Å². The Hall–Kier alpha value is -2.35. The first-order valence-electron chi connectivity index (χ1n) is 8.87. The number of nitriles is 1. The van der Waals surface area contributed by atoms with Gasteiger partial charge in [0.05, 0.1) is 17.0 Å². The smallest absolute Gasteiger partial charge is 0.311 e. The van der Waals surface area contributed by atoms with Gasteiger partial charge in [-0.2, -0.15) is 5.26 Å². The van der Waals surface area contributed by atoms with E-state index in [1.807, 2.05) is 6.07 Å². The molecule has 0 fully saturated rings. The van der Waals surface area contributed by atoms with Crippen molar-refractivity contribution in [3.05, 3.63) is 35.4 Å². The molecule has 0 saturated carbocycles. The number of hydrogen-bond donors (Lipinski definition) is 2. The number of carboxylic acid groups (broad SMARTS) is 1. The highest BCUT2D eigenvalue weighted by Crippen LogP contribution is 2.26. The maximum Gasteiger partial charge on any atom is 0.311 e.